The third-order valence-corrected chi connectivity index (χ3v) is 4.96. The Balaban J connectivity index is 1.84. The Morgan fingerprint density at radius 1 is 1.07 bits per heavy atom. The Kier molecular flexibility index (Phi) is 5.41. The van der Waals surface area contributed by atoms with Crippen LogP contribution in [0.1, 0.15) is 10.4 Å². The normalized spacial score (nSPS) is 10.9. The Morgan fingerprint density at radius 2 is 1.96 bits per heavy atom. The number of nitrogens with one attached hydrogen (secondary N) is 2. The number of hydrogen-bond donors (Lipinski definition) is 2. The number of anilines is 2. The summed E-state index contributed by atoms with van der Waals surface area (Å²) in [6, 6.07) is 14.9. The van der Waals surface area contributed by atoms with Gasteiger partial charge < -0.3 is 10.6 Å². The molecule has 0 spiro atoms. The van der Waals surface area contributed by atoms with E-state index in [-0.39, 0.29) is 5.91 Å². The van der Waals surface area contributed by atoms with Crippen molar-refractivity contribution in [3.8, 4) is 0 Å². The first kappa shape index (κ1) is 18.7. The summed E-state index contributed by atoms with van der Waals surface area (Å²) in [5.74, 6) is 0.559. The lowest BCUT2D eigenvalue weighted by Crippen LogP contribution is -2.25. The van der Waals surface area contributed by atoms with E-state index in [1.165, 1.54) is 0 Å². The first-order valence-corrected chi connectivity index (χ1v) is 10.2. The van der Waals surface area contributed by atoms with E-state index in [0.29, 0.717) is 28.3 Å². The maximum atomic E-state index is 12.3. The van der Waals surface area contributed by atoms with Crippen molar-refractivity contribution < 1.29 is 4.79 Å². The van der Waals surface area contributed by atoms with Gasteiger partial charge in [-0.2, -0.15) is 0 Å². The summed E-state index contributed by atoms with van der Waals surface area (Å²) in [5.41, 5.74) is 2.12. The number of nitrogens with zero attached hydrogens (tertiary/aromatic N) is 2. The number of halogens is 2. The maximum Gasteiger partial charge on any atom is 0.251 e. The molecule has 2 heterocycles. The van der Waals surface area contributed by atoms with E-state index >= 15 is 0 Å². The SMILES string of the molecule is O=C(NCCBr)c1ccc2c(c1)nc(Nc1cccc(Cl)c1)c1ccncc12. The van der Waals surface area contributed by atoms with Crippen molar-refractivity contribution in [2.24, 2.45) is 0 Å². The highest BCUT2D eigenvalue weighted by molar-refractivity contribution is 9.09. The average molecular weight is 456 g/mol. The van der Waals surface area contributed by atoms with E-state index in [4.69, 9.17) is 16.6 Å². The smallest absolute Gasteiger partial charge is 0.251 e. The zero-order valence-electron chi connectivity index (χ0n) is 14.7. The fourth-order valence-electron chi connectivity index (χ4n) is 3.05. The van der Waals surface area contributed by atoms with Crippen LogP contribution in [0.2, 0.25) is 5.02 Å². The number of rotatable bonds is 5. The van der Waals surface area contributed by atoms with Gasteiger partial charge in [0.05, 0.1) is 5.52 Å². The number of pyridine rings is 2. The lowest BCUT2D eigenvalue weighted by atomic mass is 10.1. The van der Waals surface area contributed by atoms with Crippen molar-refractivity contribution in [3.05, 3.63) is 71.5 Å². The number of hydrogen-bond acceptors (Lipinski definition) is 4. The number of carbonyl (C=O) groups excluding carboxylic acids is 1. The zero-order chi connectivity index (χ0) is 19.5. The molecule has 0 fully saturated rings. The van der Waals surface area contributed by atoms with Crippen LogP contribution in [0.4, 0.5) is 11.5 Å². The minimum atomic E-state index is -0.126. The zero-order valence-corrected chi connectivity index (χ0v) is 17.1. The van der Waals surface area contributed by atoms with Crippen LogP contribution in [-0.4, -0.2) is 27.7 Å². The summed E-state index contributed by atoms with van der Waals surface area (Å²) in [5, 5.41) is 10.4. The first-order valence-electron chi connectivity index (χ1n) is 8.70. The molecule has 1 amide bonds. The van der Waals surface area contributed by atoms with Gasteiger partial charge in [-0.3, -0.25) is 9.78 Å². The third kappa shape index (κ3) is 3.79. The number of carbonyl (C=O) groups is 1. The molecule has 2 N–H and O–H groups in total. The second-order valence-electron chi connectivity index (χ2n) is 6.19. The average Bonchev–Trinajstić information content (AvgIpc) is 2.72. The molecule has 2 aromatic carbocycles. The van der Waals surface area contributed by atoms with Crippen LogP contribution in [0.15, 0.2) is 60.9 Å². The summed E-state index contributed by atoms with van der Waals surface area (Å²) in [4.78, 5) is 21.4. The lowest BCUT2D eigenvalue weighted by molar-refractivity contribution is 0.0956. The molecule has 0 saturated carbocycles. The fraction of sp³-hybridized carbons (Fsp3) is 0.0952. The molecule has 0 aliphatic carbocycles. The Morgan fingerprint density at radius 3 is 2.79 bits per heavy atom. The Bertz CT molecular complexity index is 1180. The summed E-state index contributed by atoms with van der Waals surface area (Å²) in [6.07, 6.45) is 3.55. The summed E-state index contributed by atoms with van der Waals surface area (Å²) < 4.78 is 0. The van der Waals surface area contributed by atoms with E-state index in [0.717, 1.165) is 27.4 Å². The first-order chi connectivity index (χ1) is 13.7. The standard InChI is InChI=1S/C21H16BrClN4O/c22-7-9-25-21(28)13-4-5-16-18-12-24-8-6-17(18)20(27-19(16)10-13)26-15-3-1-2-14(23)11-15/h1-6,8,10-12H,7,9H2,(H,25,28)(H,26,27). The predicted molar refractivity (Wildman–Crippen MR) is 118 cm³/mol. The van der Waals surface area contributed by atoms with Crippen molar-refractivity contribution in [1.29, 1.82) is 0 Å². The van der Waals surface area contributed by atoms with Crippen LogP contribution < -0.4 is 10.6 Å². The molecule has 2 aromatic heterocycles. The molecule has 0 aliphatic heterocycles. The van der Waals surface area contributed by atoms with Gasteiger partial charge in [0.1, 0.15) is 5.82 Å². The van der Waals surface area contributed by atoms with Crippen LogP contribution in [0.5, 0.6) is 0 Å². The van der Waals surface area contributed by atoms with Crippen molar-refractivity contribution in [1.82, 2.24) is 15.3 Å². The highest BCUT2D eigenvalue weighted by Crippen LogP contribution is 2.31. The molecule has 5 nitrogen and oxygen atoms in total. The van der Waals surface area contributed by atoms with Crippen LogP contribution in [0, 0.1) is 0 Å². The molecule has 7 heteroatoms. The highest BCUT2D eigenvalue weighted by Gasteiger charge is 2.12. The van der Waals surface area contributed by atoms with E-state index in [9.17, 15) is 4.79 Å². The molecule has 4 rings (SSSR count). The van der Waals surface area contributed by atoms with Gasteiger partial charge in [-0.05, 0) is 36.4 Å². The van der Waals surface area contributed by atoms with E-state index < -0.39 is 0 Å². The Labute approximate surface area is 175 Å². The van der Waals surface area contributed by atoms with Crippen LogP contribution >= 0.6 is 27.5 Å². The molecule has 4 aromatic rings. The number of amides is 1. The highest BCUT2D eigenvalue weighted by atomic mass is 79.9. The second kappa shape index (κ2) is 8.12. The molecule has 140 valence electrons. The number of benzene rings is 2. The largest absolute Gasteiger partial charge is 0.351 e. The summed E-state index contributed by atoms with van der Waals surface area (Å²) in [7, 11) is 0. The second-order valence-corrected chi connectivity index (χ2v) is 7.42. The molecule has 0 unspecified atom stereocenters. The van der Waals surface area contributed by atoms with Gasteiger partial charge in [-0.25, -0.2) is 4.98 Å². The molecule has 28 heavy (non-hydrogen) atoms. The predicted octanol–water partition coefficient (Wildman–Crippen LogP) is 5.30. The van der Waals surface area contributed by atoms with Gasteiger partial charge in [0.15, 0.2) is 0 Å². The van der Waals surface area contributed by atoms with E-state index in [1.807, 2.05) is 48.7 Å². The molecular weight excluding hydrogens is 440 g/mol. The molecule has 0 atom stereocenters. The van der Waals surface area contributed by atoms with Gasteiger partial charge in [0, 0.05) is 56.7 Å². The van der Waals surface area contributed by atoms with Crippen LogP contribution in [-0.2, 0) is 0 Å². The van der Waals surface area contributed by atoms with Crippen LogP contribution in [0.25, 0.3) is 21.7 Å². The molecule has 0 bridgehead atoms. The van der Waals surface area contributed by atoms with E-state index in [1.54, 1.807) is 12.3 Å². The number of alkyl halides is 1. The van der Waals surface area contributed by atoms with Gasteiger partial charge in [0.25, 0.3) is 5.91 Å². The van der Waals surface area contributed by atoms with Crippen molar-refractivity contribution in [2.75, 3.05) is 17.2 Å². The van der Waals surface area contributed by atoms with Crippen molar-refractivity contribution in [2.45, 2.75) is 0 Å². The summed E-state index contributed by atoms with van der Waals surface area (Å²) >= 11 is 9.42. The quantitative estimate of drug-likeness (QED) is 0.316. The minimum Gasteiger partial charge on any atom is -0.351 e. The molecular formula is C21H16BrClN4O. The summed E-state index contributed by atoms with van der Waals surface area (Å²) in [6.45, 7) is 0.563. The fourth-order valence-corrected chi connectivity index (χ4v) is 3.44. The number of fused-ring (bicyclic) bond motifs is 3. The van der Waals surface area contributed by atoms with Gasteiger partial charge in [-0.15, -0.1) is 0 Å². The van der Waals surface area contributed by atoms with Gasteiger partial charge >= 0.3 is 0 Å². The monoisotopic (exact) mass is 454 g/mol. The maximum absolute atomic E-state index is 12.3. The Hall–Kier alpha value is -2.70. The molecule has 0 aliphatic rings. The van der Waals surface area contributed by atoms with Crippen molar-refractivity contribution in [3.63, 3.8) is 0 Å². The third-order valence-electron chi connectivity index (χ3n) is 4.33. The lowest BCUT2D eigenvalue weighted by Gasteiger charge is -2.12. The van der Waals surface area contributed by atoms with Gasteiger partial charge in [0.2, 0.25) is 0 Å². The molecule has 0 radical (unpaired) electrons. The molecule has 0 saturated heterocycles. The number of aromatic nitrogens is 2. The van der Waals surface area contributed by atoms with Crippen LogP contribution in [0.3, 0.4) is 0 Å². The topological polar surface area (TPSA) is 66.9 Å². The van der Waals surface area contributed by atoms with Crippen molar-refractivity contribution >= 4 is 66.6 Å². The van der Waals surface area contributed by atoms with E-state index in [2.05, 4.69) is 31.5 Å². The minimum absolute atomic E-state index is 0.126. The van der Waals surface area contributed by atoms with Gasteiger partial charge in [-0.1, -0.05) is 39.7 Å².